The van der Waals surface area contributed by atoms with Gasteiger partial charge in [-0.1, -0.05) is 0 Å². The van der Waals surface area contributed by atoms with E-state index in [2.05, 4.69) is 20.2 Å². The molecule has 3 aliphatic rings. The summed E-state index contributed by atoms with van der Waals surface area (Å²) >= 11 is 0. The molecule has 0 radical (unpaired) electrons. The fourth-order valence-electron chi connectivity index (χ4n) is 3.84. The van der Waals surface area contributed by atoms with Crippen molar-refractivity contribution in [1.29, 1.82) is 0 Å². The average Bonchev–Trinajstić information content (AvgIpc) is 3.12. The Labute approximate surface area is 125 Å². The highest BCUT2D eigenvalue weighted by Gasteiger charge is 2.43. The van der Waals surface area contributed by atoms with Gasteiger partial charge in [0, 0.05) is 37.9 Å². The van der Waals surface area contributed by atoms with Crippen LogP contribution < -0.4 is 10.2 Å². The summed E-state index contributed by atoms with van der Waals surface area (Å²) in [5.74, 6) is 3.38. The fraction of sp³-hybridized carbons (Fsp3) is 0.688. The van der Waals surface area contributed by atoms with Gasteiger partial charge in [0.15, 0.2) is 0 Å². The van der Waals surface area contributed by atoms with E-state index in [4.69, 9.17) is 0 Å². The quantitative estimate of drug-likeness (QED) is 0.910. The fourth-order valence-corrected chi connectivity index (χ4v) is 3.84. The molecule has 3 fully saturated rings. The van der Waals surface area contributed by atoms with Crippen molar-refractivity contribution in [1.82, 2.24) is 15.3 Å². The number of aromatic nitrogens is 2. The van der Waals surface area contributed by atoms with Crippen LogP contribution in [-0.4, -0.2) is 35.5 Å². The largest absolute Gasteiger partial charge is 0.356 e. The lowest BCUT2D eigenvalue weighted by Gasteiger charge is -2.18. The minimum Gasteiger partial charge on any atom is -0.356 e. The number of hydrogen-bond acceptors (Lipinski definition) is 4. The van der Waals surface area contributed by atoms with E-state index in [0.717, 1.165) is 44.3 Å². The highest BCUT2D eigenvalue weighted by molar-refractivity contribution is 5.79. The van der Waals surface area contributed by atoms with Gasteiger partial charge in [-0.05, 0) is 49.5 Å². The van der Waals surface area contributed by atoms with Crippen LogP contribution in [0.2, 0.25) is 0 Å². The molecule has 1 amide bonds. The standard InChI is InChI=1S/C16H22N4O/c21-15(19-8-11-2-3-11)12-6-13-9-20(10-14(13)7-12)16-17-4-1-5-18-16/h1,4-5,11-14H,2-3,6-10H2,(H,19,21)/t12?,13-,14+. The van der Waals surface area contributed by atoms with Gasteiger partial charge in [-0.2, -0.15) is 0 Å². The van der Waals surface area contributed by atoms with Gasteiger partial charge in [-0.3, -0.25) is 4.79 Å². The normalized spacial score (nSPS) is 31.2. The molecule has 0 spiro atoms. The van der Waals surface area contributed by atoms with Crippen molar-refractivity contribution in [3.05, 3.63) is 18.5 Å². The van der Waals surface area contributed by atoms with Crippen molar-refractivity contribution in [3.63, 3.8) is 0 Å². The van der Waals surface area contributed by atoms with Gasteiger partial charge in [0.2, 0.25) is 11.9 Å². The molecule has 0 bridgehead atoms. The number of carbonyl (C=O) groups is 1. The minimum atomic E-state index is 0.234. The predicted molar refractivity (Wildman–Crippen MR) is 79.7 cm³/mol. The van der Waals surface area contributed by atoms with E-state index in [0.29, 0.717) is 17.7 Å². The van der Waals surface area contributed by atoms with Gasteiger partial charge in [0.25, 0.3) is 0 Å². The van der Waals surface area contributed by atoms with Crippen LogP contribution in [0.5, 0.6) is 0 Å². The van der Waals surface area contributed by atoms with E-state index >= 15 is 0 Å². The molecule has 1 saturated heterocycles. The van der Waals surface area contributed by atoms with Gasteiger partial charge in [0.05, 0.1) is 0 Å². The molecule has 4 rings (SSSR count). The Morgan fingerprint density at radius 2 is 1.86 bits per heavy atom. The van der Waals surface area contributed by atoms with Crippen LogP contribution in [-0.2, 0) is 4.79 Å². The van der Waals surface area contributed by atoms with Crippen molar-refractivity contribution in [3.8, 4) is 0 Å². The highest BCUT2D eigenvalue weighted by atomic mass is 16.1. The summed E-state index contributed by atoms with van der Waals surface area (Å²) < 4.78 is 0. The molecule has 3 atom stereocenters. The number of amides is 1. The number of anilines is 1. The van der Waals surface area contributed by atoms with Crippen LogP contribution in [0.3, 0.4) is 0 Å². The second-order valence-corrected chi connectivity index (χ2v) is 6.83. The lowest BCUT2D eigenvalue weighted by molar-refractivity contribution is -0.125. The van der Waals surface area contributed by atoms with Crippen LogP contribution in [0.1, 0.15) is 25.7 Å². The molecule has 1 N–H and O–H groups in total. The maximum absolute atomic E-state index is 12.2. The average molecular weight is 286 g/mol. The van der Waals surface area contributed by atoms with Crippen LogP contribution in [0.4, 0.5) is 5.95 Å². The lowest BCUT2D eigenvalue weighted by atomic mass is 10.0. The first kappa shape index (κ1) is 13.0. The van der Waals surface area contributed by atoms with Crippen LogP contribution in [0.25, 0.3) is 0 Å². The van der Waals surface area contributed by atoms with Crippen molar-refractivity contribution in [2.45, 2.75) is 25.7 Å². The summed E-state index contributed by atoms with van der Waals surface area (Å²) in [7, 11) is 0. The molecular formula is C16H22N4O. The third-order valence-corrected chi connectivity index (χ3v) is 5.22. The highest BCUT2D eigenvalue weighted by Crippen LogP contribution is 2.42. The van der Waals surface area contributed by atoms with E-state index in [1.807, 2.05) is 6.07 Å². The number of rotatable bonds is 4. The zero-order valence-electron chi connectivity index (χ0n) is 12.2. The van der Waals surface area contributed by atoms with Crippen molar-refractivity contribution >= 4 is 11.9 Å². The van der Waals surface area contributed by atoms with Crippen LogP contribution in [0, 0.1) is 23.7 Å². The summed E-state index contributed by atoms with van der Waals surface area (Å²) in [5, 5.41) is 3.14. The van der Waals surface area contributed by atoms with Gasteiger partial charge in [0.1, 0.15) is 0 Å². The van der Waals surface area contributed by atoms with Crippen LogP contribution >= 0.6 is 0 Å². The van der Waals surface area contributed by atoms with Gasteiger partial charge >= 0.3 is 0 Å². The topological polar surface area (TPSA) is 58.1 Å². The van der Waals surface area contributed by atoms with Crippen molar-refractivity contribution in [2.75, 3.05) is 24.5 Å². The number of nitrogens with one attached hydrogen (secondary N) is 1. The molecule has 112 valence electrons. The van der Waals surface area contributed by atoms with E-state index in [1.165, 1.54) is 12.8 Å². The summed E-state index contributed by atoms with van der Waals surface area (Å²) in [5.41, 5.74) is 0. The van der Waals surface area contributed by atoms with E-state index < -0.39 is 0 Å². The Balaban J connectivity index is 1.31. The lowest BCUT2D eigenvalue weighted by Crippen LogP contribution is -2.32. The molecule has 2 heterocycles. The number of nitrogens with zero attached hydrogens (tertiary/aromatic N) is 3. The molecular weight excluding hydrogens is 264 g/mol. The number of fused-ring (bicyclic) bond motifs is 1. The minimum absolute atomic E-state index is 0.234. The second kappa shape index (κ2) is 5.28. The predicted octanol–water partition coefficient (Wildman–Crippen LogP) is 1.47. The first-order chi connectivity index (χ1) is 10.3. The summed E-state index contributed by atoms with van der Waals surface area (Å²) in [6.45, 7) is 2.90. The zero-order valence-corrected chi connectivity index (χ0v) is 12.2. The number of hydrogen-bond donors (Lipinski definition) is 1. The summed E-state index contributed by atoms with van der Waals surface area (Å²) in [6.07, 6.45) is 8.24. The molecule has 0 aromatic carbocycles. The Kier molecular flexibility index (Phi) is 3.28. The smallest absolute Gasteiger partial charge is 0.225 e. The summed E-state index contributed by atoms with van der Waals surface area (Å²) in [4.78, 5) is 23.1. The molecule has 5 nitrogen and oxygen atoms in total. The van der Waals surface area contributed by atoms with Crippen molar-refractivity contribution in [2.24, 2.45) is 23.7 Å². The zero-order chi connectivity index (χ0) is 14.2. The first-order valence-corrected chi connectivity index (χ1v) is 8.09. The number of carbonyl (C=O) groups excluding carboxylic acids is 1. The third kappa shape index (κ3) is 2.74. The van der Waals surface area contributed by atoms with Crippen LogP contribution in [0.15, 0.2) is 18.5 Å². The molecule has 2 aliphatic carbocycles. The Morgan fingerprint density at radius 3 is 2.48 bits per heavy atom. The molecule has 1 unspecified atom stereocenters. The maximum atomic E-state index is 12.2. The molecule has 1 aromatic rings. The Hall–Kier alpha value is -1.65. The van der Waals surface area contributed by atoms with E-state index in [-0.39, 0.29) is 5.92 Å². The molecule has 21 heavy (non-hydrogen) atoms. The molecule has 5 heteroatoms. The first-order valence-electron chi connectivity index (χ1n) is 8.09. The Bertz CT molecular complexity index is 502. The maximum Gasteiger partial charge on any atom is 0.225 e. The van der Waals surface area contributed by atoms with Gasteiger partial charge in [-0.15, -0.1) is 0 Å². The van der Waals surface area contributed by atoms with Crippen molar-refractivity contribution < 1.29 is 4.79 Å². The van der Waals surface area contributed by atoms with Gasteiger partial charge in [-0.25, -0.2) is 9.97 Å². The summed E-state index contributed by atoms with van der Waals surface area (Å²) in [6, 6.07) is 1.85. The monoisotopic (exact) mass is 286 g/mol. The molecule has 2 saturated carbocycles. The molecule has 1 aliphatic heterocycles. The van der Waals surface area contributed by atoms with E-state index in [1.54, 1.807) is 12.4 Å². The second-order valence-electron chi connectivity index (χ2n) is 6.83. The van der Waals surface area contributed by atoms with Gasteiger partial charge < -0.3 is 10.2 Å². The molecule has 1 aromatic heterocycles. The van der Waals surface area contributed by atoms with E-state index in [9.17, 15) is 4.79 Å². The Morgan fingerprint density at radius 1 is 1.19 bits per heavy atom. The third-order valence-electron chi connectivity index (χ3n) is 5.22. The SMILES string of the molecule is O=C(NCC1CC1)C1C[C@@H]2CN(c3ncccn3)C[C@@H]2C1.